The van der Waals surface area contributed by atoms with Gasteiger partial charge in [-0.1, -0.05) is 6.08 Å². The number of fused-ring (bicyclic) bond motifs is 1. The molecule has 0 bridgehead atoms. The number of carbonyl (C=O) groups excluding carboxylic acids is 1. The van der Waals surface area contributed by atoms with Gasteiger partial charge in [-0.2, -0.15) is 5.10 Å². The van der Waals surface area contributed by atoms with Crippen LogP contribution >= 0.6 is 0 Å². The third-order valence-electron chi connectivity index (χ3n) is 6.48. The molecule has 4 heterocycles. The maximum atomic E-state index is 14.4. The Bertz CT molecular complexity index is 1350. The SMILES string of the molecule is CC1(C)OCC(COc2ccc(F)cc2C2=CCCN2c2ccn3ncc(C(=O)NC4CC4)c3n2)O1. The maximum absolute atomic E-state index is 14.4. The molecule has 2 fully saturated rings. The molecule has 6 rings (SSSR count). The summed E-state index contributed by atoms with van der Waals surface area (Å²) in [5, 5.41) is 7.27. The molecule has 3 aromatic rings. The van der Waals surface area contributed by atoms with Gasteiger partial charge in [0.05, 0.1) is 12.8 Å². The second-order valence-corrected chi connectivity index (χ2v) is 9.79. The number of ether oxygens (including phenoxy) is 3. The quantitative estimate of drug-likeness (QED) is 0.538. The zero-order valence-electron chi connectivity index (χ0n) is 20.2. The first kappa shape index (κ1) is 22.9. The van der Waals surface area contributed by atoms with Crippen molar-refractivity contribution in [3.8, 4) is 5.75 Å². The van der Waals surface area contributed by atoms with Crippen molar-refractivity contribution in [3.05, 3.63) is 59.7 Å². The Hall–Kier alpha value is -3.50. The lowest BCUT2D eigenvalue weighted by molar-refractivity contribution is -0.141. The van der Waals surface area contributed by atoms with Crippen LogP contribution in [0.1, 0.15) is 49.0 Å². The molecule has 1 saturated heterocycles. The second-order valence-electron chi connectivity index (χ2n) is 9.79. The molecule has 1 atom stereocenters. The number of hydrogen-bond donors (Lipinski definition) is 1. The first-order valence-electron chi connectivity index (χ1n) is 12.2. The molecule has 1 saturated carbocycles. The lowest BCUT2D eigenvalue weighted by atomic mass is 10.1. The van der Waals surface area contributed by atoms with Gasteiger partial charge in [0, 0.05) is 30.0 Å². The molecule has 3 aliphatic rings. The Labute approximate surface area is 207 Å². The van der Waals surface area contributed by atoms with Crippen LogP contribution in [0.25, 0.3) is 11.3 Å². The van der Waals surface area contributed by atoms with Gasteiger partial charge in [-0.05, 0) is 57.4 Å². The van der Waals surface area contributed by atoms with E-state index in [1.807, 2.05) is 30.9 Å². The van der Waals surface area contributed by atoms with Crippen molar-refractivity contribution >= 4 is 23.1 Å². The normalized spacial score (nSPS) is 21.1. The van der Waals surface area contributed by atoms with E-state index in [4.69, 9.17) is 19.2 Å². The summed E-state index contributed by atoms with van der Waals surface area (Å²) in [6.45, 7) is 5.12. The van der Waals surface area contributed by atoms with Crippen LogP contribution < -0.4 is 15.0 Å². The van der Waals surface area contributed by atoms with E-state index in [9.17, 15) is 9.18 Å². The van der Waals surface area contributed by atoms with Crippen molar-refractivity contribution < 1.29 is 23.4 Å². The standard InChI is InChI=1S/C26H28FN5O4/c1-26(2)35-15-18(36-26)14-34-22-8-5-16(27)12-19(22)21-4-3-10-31(21)23-9-11-32-24(30-23)20(13-28-32)25(33)29-17-6-7-17/h4-5,8-9,11-13,17-18H,3,6-7,10,14-15H2,1-2H3,(H,29,33). The molecule has 1 amide bonds. The molecule has 0 spiro atoms. The lowest BCUT2D eigenvalue weighted by Gasteiger charge is -2.24. The fraction of sp³-hybridized carbons (Fsp3) is 0.423. The van der Waals surface area contributed by atoms with Crippen LogP contribution in [0.4, 0.5) is 10.2 Å². The van der Waals surface area contributed by atoms with E-state index in [1.165, 1.54) is 12.1 Å². The molecular formula is C26H28FN5O4. The van der Waals surface area contributed by atoms with Crippen LogP contribution in [0.2, 0.25) is 0 Å². The molecule has 10 heteroatoms. The van der Waals surface area contributed by atoms with E-state index >= 15 is 0 Å². The average Bonchev–Trinajstić information content (AvgIpc) is 3.23. The van der Waals surface area contributed by atoms with Crippen molar-refractivity contribution in [1.82, 2.24) is 19.9 Å². The van der Waals surface area contributed by atoms with E-state index < -0.39 is 5.79 Å². The first-order valence-corrected chi connectivity index (χ1v) is 12.2. The van der Waals surface area contributed by atoms with Crippen molar-refractivity contribution in [3.63, 3.8) is 0 Å². The Morgan fingerprint density at radius 3 is 2.94 bits per heavy atom. The highest BCUT2D eigenvalue weighted by Crippen LogP contribution is 2.36. The number of amides is 1. The van der Waals surface area contributed by atoms with Crippen LogP contribution in [0.15, 0.2) is 42.7 Å². The highest BCUT2D eigenvalue weighted by molar-refractivity contribution is 6.00. The third kappa shape index (κ3) is 4.54. The fourth-order valence-corrected chi connectivity index (χ4v) is 4.57. The predicted octanol–water partition coefficient (Wildman–Crippen LogP) is 3.54. The summed E-state index contributed by atoms with van der Waals surface area (Å²) in [5.41, 5.74) is 2.35. The Morgan fingerprint density at radius 1 is 1.31 bits per heavy atom. The fourth-order valence-electron chi connectivity index (χ4n) is 4.57. The van der Waals surface area contributed by atoms with Gasteiger partial charge < -0.3 is 24.4 Å². The predicted molar refractivity (Wildman–Crippen MR) is 130 cm³/mol. The summed E-state index contributed by atoms with van der Waals surface area (Å²) in [5.74, 6) is 0.0347. The summed E-state index contributed by atoms with van der Waals surface area (Å²) in [6, 6.07) is 6.57. The van der Waals surface area contributed by atoms with Crippen molar-refractivity contribution in [2.24, 2.45) is 0 Å². The molecular weight excluding hydrogens is 465 g/mol. The van der Waals surface area contributed by atoms with Crippen LogP contribution in [-0.4, -0.2) is 58.2 Å². The van der Waals surface area contributed by atoms with E-state index in [2.05, 4.69) is 10.4 Å². The summed E-state index contributed by atoms with van der Waals surface area (Å²) < 4.78 is 33.5. The molecule has 2 aromatic heterocycles. The maximum Gasteiger partial charge on any atom is 0.256 e. The minimum Gasteiger partial charge on any atom is -0.490 e. The number of nitrogens with one attached hydrogen (secondary N) is 1. The van der Waals surface area contributed by atoms with Crippen molar-refractivity contribution in [2.75, 3.05) is 24.7 Å². The second kappa shape index (κ2) is 8.86. The number of hydrogen-bond acceptors (Lipinski definition) is 7. The average molecular weight is 494 g/mol. The van der Waals surface area contributed by atoms with E-state index in [1.54, 1.807) is 23.0 Å². The molecule has 36 heavy (non-hydrogen) atoms. The molecule has 1 aromatic carbocycles. The zero-order valence-corrected chi connectivity index (χ0v) is 20.2. The van der Waals surface area contributed by atoms with Crippen molar-refractivity contribution in [1.29, 1.82) is 0 Å². The zero-order chi connectivity index (χ0) is 24.9. The number of anilines is 1. The molecule has 1 aliphatic carbocycles. The molecule has 0 radical (unpaired) electrons. The van der Waals surface area contributed by atoms with E-state index in [-0.39, 0.29) is 30.5 Å². The van der Waals surface area contributed by atoms with Crippen LogP contribution in [0, 0.1) is 5.82 Å². The summed E-state index contributed by atoms with van der Waals surface area (Å²) in [6.07, 6.45) is 7.92. The van der Waals surface area contributed by atoms with Gasteiger partial charge in [0.1, 0.15) is 35.7 Å². The van der Waals surface area contributed by atoms with Gasteiger partial charge in [0.25, 0.3) is 5.91 Å². The van der Waals surface area contributed by atoms with Gasteiger partial charge in [-0.3, -0.25) is 4.79 Å². The topological polar surface area (TPSA) is 90.2 Å². The van der Waals surface area contributed by atoms with Gasteiger partial charge in [-0.25, -0.2) is 13.9 Å². The first-order chi connectivity index (χ1) is 17.4. The third-order valence-corrected chi connectivity index (χ3v) is 6.48. The van der Waals surface area contributed by atoms with Gasteiger partial charge in [-0.15, -0.1) is 0 Å². The molecule has 1 unspecified atom stereocenters. The number of aromatic nitrogens is 3. The Kier molecular flexibility index (Phi) is 5.65. The monoisotopic (exact) mass is 493 g/mol. The smallest absolute Gasteiger partial charge is 0.256 e. The number of benzene rings is 1. The number of carbonyl (C=O) groups is 1. The highest BCUT2D eigenvalue weighted by atomic mass is 19.1. The number of nitrogens with zero attached hydrogens (tertiary/aromatic N) is 4. The molecule has 9 nitrogen and oxygen atoms in total. The highest BCUT2D eigenvalue weighted by Gasteiger charge is 2.33. The molecule has 188 valence electrons. The Morgan fingerprint density at radius 2 is 2.17 bits per heavy atom. The van der Waals surface area contributed by atoms with Crippen molar-refractivity contribution in [2.45, 2.75) is 51.0 Å². The van der Waals surface area contributed by atoms with Gasteiger partial charge in [0.2, 0.25) is 0 Å². The Balaban J connectivity index is 1.27. The van der Waals surface area contributed by atoms with Gasteiger partial charge in [0.15, 0.2) is 11.4 Å². The summed E-state index contributed by atoms with van der Waals surface area (Å²) in [7, 11) is 0. The molecule has 2 aliphatic heterocycles. The van der Waals surface area contributed by atoms with Crippen LogP contribution in [0.5, 0.6) is 5.75 Å². The lowest BCUT2D eigenvalue weighted by Crippen LogP contribution is -2.26. The summed E-state index contributed by atoms with van der Waals surface area (Å²) in [4.78, 5) is 19.5. The van der Waals surface area contributed by atoms with Crippen LogP contribution in [-0.2, 0) is 9.47 Å². The van der Waals surface area contributed by atoms with Gasteiger partial charge >= 0.3 is 0 Å². The largest absolute Gasteiger partial charge is 0.490 e. The molecule has 1 N–H and O–H groups in total. The van der Waals surface area contributed by atoms with Crippen LogP contribution in [0.3, 0.4) is 0 Å². The van der Waals surface area contributed by atoms with E-state index in [0.29, 0.717) is 41.5 Å². The minimum absolute atomic E-state index is 0.170. The minimum atomic E-state index is -0.642. The number of halogens is 1. The summed E-state index contributed by atoms with van der Waals surface area (Å²) >= 11 is 0. The number of rotatable bonds is 7. The van der Waals surface area contributed by atoms with E-state index in [0.717, 1.165) is 25.0 Å².